The topological polar surface area (TPSA) is 93.5 Å². The van der Waals surface area contributed by atoms with Gasteiger partial charge in [-0.15, -0.1) is 0 Å². The molecule has 1 aliphatic rings. The first-order valence-electron chi connectivity index (χ1n) is 9.45. The van der Waals surface area contributed by atoms with E-state index in [1.807, 2.05) is 12.1 Å². The number of hydrogen-bond donors (Lipinski definition) is 3. The fourth-order valence-electron chi connectivity index (χ4n) is 3.14. The first-order chi connectivity index (χ1) is 13.1. The van der Waals surface area contributed by atoms with Crippen LogP contribution >= 0.6 is 23.2 Å². The highest BCUT2D eigenvalue weighted by molar-refractivity contribution is 6.42. The van der Waals surface area contributed by atoms with Gasteiger partial charge in [0.1, 0.15) is 6.61 Å². The minimum absolute atomic E-state index is 0.0105. The summed E-state index contributed by atoms with van der Waals surface area (Å²) in [5, 5.41) is 7.13. The minimum atomic E-state index is -0.547. The first-order valence-corrected chi connectivity index (χ1v) is 10.2. The van der Waals surface area contributed by atoms with Gasteiger partial charge in [-0.3, -0.25) is 9.59 Å². The Kier molecular flexibility index (Phi) is 8.13. The maximum Gasteiger partial charge on any atom is 0.311 e. The van der Waals surface area contributed by atoms with Crippen molar-refractivity contribution < 1.29 is 14.3 Å². The normalized spacial score (nSPS) is 22.6. The Morgan fingerprint density at radius 2 is 2.00 bits per heavy atom. The van der Waals surface area contributed by atoms with Crippen molar-refractivity contribution in [2.45, 2.75) is 51.6 Å². The molecule has 4 N–H and O–H groups in total. The van der Waals surface area contributed by atoms with Crippen LogP contribution in [-0.2, 0) is 14.3 Å². The molecular formula is C20H29Cl2N3O3. The van der Waals surface area contributed by atoms with E-state index in [0.717, 1.165) is 12.0 Å². The lowest BCUT2D eigenvalue weighted by molar-refractivity contribution is -0.153. The second-order valence-corrected chi connectivity index (χ2v) is 9.04. The van der Waals surface area contributed by atoms with Crippen LogP contribution in [0.2, 0.25) is 10.0 Å². The van der Waals surface area contributed by atoms with Gasteiger partial charge in [0.2, 0.25) is 5.91 Å². The van der Waals surface area contributed by atoms with Crippen molar-refractivity contribution >= 4 is 35.1 Å². The zero-order valence-corrected chi connectivity index (χ0v) is 18.1. The van der Waals surface area contributed by atoms with E-state index >= 15 is 0 Å². The van der Waals surface area contributed by atoms with Crippen LogP contribution in [0.4, 0.5) is 0 Å². The molecule has 0 radical (unpaired) electrons. The summed E-state index contributed by atoms with van der Waals surface area (Å²) < 4.78 is 5.15. The van der Waals surface area contributed by atoms with E-state index in [-0.39, 0.29) is 36.5 Å². The quantitative estimate of drug-likeness (QED) is 0.477. The van der Waals surface area contributed by atoms with E-state index in [2.05, 4.69) is 10.6 Å². The molecule has 3 atom stereocenters. The highest BCUT2D eigenvalue weighted by Crippen LogP contribution is 2.32. The predicted molar refractivity (Wildman–Crippen MR) is 112 cm³/mol. The largest absolute Gasteiger partial charge is 0.463 e. The van der Waals surface area contributed by atoms with Crippen molar-refractivity contribution in [3.8, 4) is 0 Å². The van der Waals surface area contributed by atoms with Gasteiger partial charge >= 0.3 is 5.97 Å². The Bertz CT molecular complexity index is 706. The Morgan fingerprint density at radius 3 is 2.64 bits per heavy atom. The lowest BCUT2D eigenvalue weighted by Crippen LogP contribution is -2.51. The third kappa shape index (κ3) is 6.62. The Hall–Kier alpha value is -1.34. The number of nitrogens with two attached hydrogens (primary N) is 1. The predicted octanol–water partition coefficient (Wildman–Crippen LogP) is 2.86. The van der Waals surface area contributed by atoms with Gasteiger partial charge in [-0.05, 0) is 44.9 Å². The van der Waals surface area contributed by atoms with Gasteiger partial charge in [0.15, 0.2) is 0 Å². The Labute approximate surface area is 176 Å². The van der Waals surface area contributed by atoms with E-state index in [4.69, 9.17) is 33.7 Å². The van der Waals surface area contributed by atoms with Crippen LogP contribution in [0.1, 0.15) is 45.1 Å². The molecule has 2 rings (SSSR count). The van der Waals surface area contributed by atoms with E-state index in [1.165, 1.54) is 0 Å². The second-order valence-electron chi connectivity index (χ2n) is 8.22. The molecule has 156 valence electrons. The molecule has 0 saturated carbocycles. The van der Waals surface area contributed by atoms with Crippen LogP contribution in [0.3, 0.4) is 0 Å². The van der Waals surface area contributed by atoms with Crippen LogP contribution in [0.25, 0.3) is 0 Å². The molecule has 1 amide bonds. The molecule has 0 spiro atoms. The molecular weight excluding hydrogens is 401 g/mol. The maximum absolute atomic E-state index is 12.2. The summed E-state index contributed by atoms with van der Waals surface area (Å²) in [5.74, 6) is -0.275. The van der Waals surface area contributed by atoms with Crippen LogP contribution in [0.15, 0.2) is 18.2 Å². The molecule has 1 fully saturated rings. The number of carbonyl (C=O) groups is 2. The number of rotatable bonds is 6. The van der Waals surface area contributed by atoms with Crippen molar-refractivity contribution in [1.82, 2.24) is 10.6 Å². The second kappa shape index (κ2) is 9.92. The Balaban J connectivity index is 1.81. The van der Waals surface area contributed by atoms with E-state index < -0.39 is 5.41 Å². The zero-order valence-electron chi connectivity index (χ0n) is 16.6. The van der Waals surface area contributed by atoms with Crippen molar-refractivity contribution in [3.05, 3.63) is 33.8 Å². The van der Waals surface area contributed by atoms with Gasteiger partial charge < -0.3 is 21.1 Å². The molecule has 0 aromatic heterocycles. The van der Waals surface area contributed by atoms with Crippen LogP contribution in [0, 0.1) is 5.41 Å². The molecule has 0 bridgehead atoms. The lowest BCUT2D eigenvalue weighted by atomic mass is 9.82. The molecule has 1 aromatic carbocycles. The monoisotopic (exact) mass is 429 g/mol. The van der Waals surface area contributed by atoms with E-state index in [9.17, 15) is 9.59 Å². The number of benzene rings is 1. The van der Waals surface area contributed by atoms with E-state index in [1.54, 1.807) is 26.8 Å². The van der Waals surface area contributed by atoms with Crippen molar-refractivity contribution in [2.24, 2.45) is 11.1 Å². The van der Waals surface area contributed by atoms with Gasteiger partial charge in [0, 0.05) is 31.0 Å². The van der Waals surface area contributed by atoms with Crippen molar-refractivity contribution in [1.29, 1.82) is 0 Å². The lowest BCUT2D eigenvalue weighted by Gasteiger charge is -2.35. The summed E-state index contributed by atoms with van der Waals surface area (Å²) >= 11 is 12.1. The number of piperidine rings is 1. The molecule has 6 nitrogen and oxygen atoms in total. The summed E-state index contributed by atoms with van der Waals surface area (Å²) in [6, 6.07) is 5.50. The zero-order chi connectivity index (χ0) is 20.9. The number of nitrogens with one attached hydrogen (secondary N) is 2. The minimum Gasteiger partial charge on any atom is -0.463 e. The van der Waals surface area contributed by atoms with Crippen LogP contribution in [-0.4, -0.2) is 43.7 Å². The third-order valence-electron chi connectivity index (χ3n) is 4.77. The number of amides is 1. The van der Waals surface area contributed by atoms with E-state index in [0.29, 0.717) is 29.6 Å². The van der Waals surface area contributed by atoms with Gasteiger partial charge in [0.25, 0.3) is 0 Å². The standard InChI is InChI=1S/C20H29Cl2N3O3/c1-20(2,3)19(27)28-7-6-24-18(26)10-13-9-14(17(23)11-25-13)12-4-5-15(21)16(22)8-12/h4-5,8,13-14,17,25H,6-7,9-11,23H2,1-3H3,(H,24,26)/t13?,14-,17+/m0/s1. The summed E-state index contributed by atoms with van der Waals surface area (Å²) in [6.45, 7) is 6.44. The highest BCUT2D eigenvalue weighted by atomic mass is 35.5. The summed E-state index contributed by atoms with van der Waals surface area (Å²) in [5.41, 5.74) is 6.75. The fourth-order valence-corrected chi connectivity index (χ4v) is 3.44. The molecule has 8 heteroatoms. The van der Waals surface area contributed by atoms with Gasteiger partial charge in [0.05, 0.1) is 22.0 Å². The van der Waals surface area contributed by atoms with Gasteiger partial charge in [-0.2, -0.15) is 0 Å². The number of hydrogen-bond acceptors (Lipinski definition) is 5. The van der Waals surface area contributed by atoms with Crippen molar-refractivity contribution in [3.63, 3.8) is 0 Å². The number of esters is 1. The summed E-state index contributed by atoms with van der Waals surface area (Å²) in [6.07, 6.45) is 1.06. The molecule has 1 aromatic rings. The first kappa shape index (κ1) is 22.9. The molecule has 1 unspecified atom stereocenters. The van der Waals surface area contributed by atoms with Crippen LogP contribution < -0.4 is 16.4 Å². The number of carbonyl (C=O) groups excluding carboxylic acids is 2. The summed E-state index contributed by atoms with van der Waals surface area (Å²) in [4.78, 5) is 23.9. The number of halogens is 2. The average molecular weight is 430 g/mol. The molecule has 28 heavy (non-hydrogen) atoms. The molecule has 1 saturated heterocycles. The SMILES string of the molecule is CC(C)(C)C(=O)OCCNC(=O)CC1C[C@@H](c2ccc(Cl)c(Cl)c2)[C@H](N)CN1. The molecule has 1 heterocycles. The van der Waals surface area contributed by atoms with Gasteiger partial charge in [-0.1, -0.05) is 29.3 Å². The molecule has 0 aliphatic carbocycles. The van der Waals surface area contributed by atoms with Crippen LogP contribution in [0.5, 0.6) is 0 Å². The summed E-state index contributed by atoms with van der Waals surface area (Å²) in [7, 11) is 0. The third-order valence-corrected chi connectivity index (χ3v) is 5.51. The highest BCUT2D eigenvalue weighted by Gasteiger charge is 2.30. The smallest absolute Gasteiger partial charge is 0.311 e. The van der Waals surface area contributed by atoms with Gasteiger partial charge in [-0.25, -0.2) is 0 Å². The Morgan fingerprint density at radius 1 is 1.29 bits per heavy atom. The number of ether oxygens (including phenoxy) is 1. The average Bonchev–Trinajstić information content (AvgIpc) is 2.61. The fraction of sp³-hybridized carbons (Fsp3) is 0.600. The molecule has 1 aliphatic heterocycles. The van der Waals surface area contributed by atoms with Crippen molar-refractivity contribution in [2.75, 3.05) is 19.7 Å². The maximum atomic E-state index is 12.2.